The van der Waals surface area contributed by atoms with Crippen molar-refractivity contribution in [2.24, 2.45) is 0 Å². The normalized spacial score (nSPS) is 9.85. The first kappa shape index (κ1) is 14.6. The number of phenolic OH excluding ortho intramolecular Hbond substituents is 1. The SMILES string of the molecule is N#Cc1ccc(Br)cc1NC(=O)c1cc(Br)ccc1O. The van der Waals surface area contributed by atoms with Crippen LogP contribution in [0.25, 0.3) is 0 Å². The van der Waals surface area contributed by atoms with Crippen molar-refractivity contribution in [2.75, 3.05) is 5.32 Å². The molecule has 2 N–H and O–H groups in total. The molecule has 1 amide bonds. The molecule has 20 heavy (non-hydrogen) atoms. The number of carbonyl (C=O) groups excluding carboxylic acids is 1. The fourth-order valence-corrected chi connectivity index (χ4v) is 2.32. The number of benzene rings is 2. The van der Waals surface area contributed by atoms with Crippen LogP contribution in [-0.2, 0) is 0 Å². The van der Waals surface area contributed by atoms with E-state index >= 15 is 0 Å². The molecule has 0 heterocycles. The zero-order chi connectivity index (χ0) is 14.7. The number of halogens is 2. The monoisotopic (exact) mass is 394 g/mol. The number of rotatable bonds is 2. The number of phenols is 1. The molecular weight excluding hydrogens is 388 g/mol. The van der Waals surface area contributed by atoms with Crippen LogP contribution in [0, 0.1) is 11.3 Å². The fraction of sp³-hybridized carbons (Fsp3) is 0. The zero-order valence-corrected chi connectivity index (χ0v) is 13.2. The Hall–Kier alpha value is -1.84. The summed E-state index contributed by atoms with van der Waals surface area (Å²) >= 11 is 6.52. The average Bonchev–Trinajstić information content (AvgIpc) is 2.41. The summed E-state index contributed by atoms with van der Waals surface area (Å²) in [5, 5.41) is 21.3. The van der Waals surface area contributed by atoms with Gasteiger partial charge in [-0.1, -0.05) is 31.9 Å². The van der Waals surface area contributed by atoms with Crippen LogP contribution in [0.3, 0.4) is 0 Å². The van der Waals surface area contributed by atoms with E-state index in [0.29, 0.717) is 15.7 Å². The van der Waals surface area contributed by atoms with Gasteiger partial charge in [-0.15, -0.1) is 0 Å². The second-order valence-corrected chi connectivity index (χ2v) is 5.75. The van der Waals surface area contributed by atoms with Crippen LogP contribution in [0.15, 0.2) is 45.3 Å². The summed E-state index contributed by atoms with van der Waals surface area (Å²) in [7, 11) is 0. The van der Waals surface area contributed by atoms with Gasteiger partial charge in [-0.05, 0) is 36.4 Å². The van der Waals surface area contributed by atoms with E-state index in [1.165, 1.54) is 12.1 Å². The lowest BCUT2D eigenvalue weighted by molar-refractivity contribution is 0.102. The number of nitrogens with one attached hydrogen (secondary N) is 1. The molecule has 0 spiro atoms. The van der Waals surface area contributed by atoms with Gasteiger partial charge < -0.3 is 10.4 Å². The lowest BCUT2D eigenvalue weighted by atomic mass is 10.1. The van der Waals surface area contributed by atoms with E-state index in [4.69, 9.17) is 5.26 Å². The van der Waals surface area contributed by atoms with Gasteiger partial charge in [0.2, 0.25) is 0 Å². The second-order valence-electron chi connectivity index (χ2n) is 3.92. The van der Waals surface area contributed by atoms with Crippen molar-refractivity contribution in [2.45, 2.75) is 0 Å². The Morgan fingerprint density at radius 2 is 1.80 bits per heavy atom. The van der Waals surface area contributed by atoms with E-state index in [9.17, 15) is 9.90 Å². The molecule has 0 aliphatic heterocycles. The first-order chi connectivity index (χ1) is 9.51. The average molecular weight is 396 g/mol. The molecular formula is C14H8Br2N2O2. The maximum Gasteiger partial charge on any atom is 0.259 e. The van der Waals surface area contributed by atoms with E-state index in [-0.39, 0.29) is 11.3 Å². The molecule has 0 saturated carbocycles. The van der Waals surface area contributed by atoms with Crippen molar-refractivity contribution in [3.05, 3.63) is 56.5 Å². The summed E-state index contributed by atoms with van der Waals surface area (Å²) in [5.74, 6) is -0.613. The van der Waals surface area contributed by atoms with E-state index in [1.807, 2.05) is 6.07 Å². The molecule has 6 heteroatoms. The maximum atomic E-state index is 12.1. The Morgan fingerprint density at radius 3 is 2.50 bits per heavy atom. The van der Waals surface area contributed by atoms with Crippen molar-refractivity contribution in [1.82, 2.24) is 0 Å². The third-order valence-electron chi connectivity index (χ3n) is 2.55. The first-order valence-corrected chi connectivity index (χ1v) is 7.09. The summed E-state index contributed by atoms with van der Waals surface area (Å²) in [5.41, 5.74) is 0.852. The minimum atomic E-state index is -0.488. The van der Waals surface area contributed by atoms with Crippen LogP contribution in [0.2, 0.25) is 0 Å². The van der Waals surface area contributed by atoms with Crippen molar-refractivity contribution in [1.29, 1.82) is 5.26 Å². The number of nitrogens with zero attached hydrogens (tertiary/aromatic N) is 1. The molecule has 0 bridgehead atoms. The minimum absolute atomic E-state index is 0.126. The molecule has 4 nitrogen and oxygen atoms in total. The van der Waals surface area contributed by atoms with Crippen LogP contribution in [0.5, 0.6) is 5.75 Å². The molecule has 0 radical (unpaired) electrons. The summed E-state index contributed by atoms with van der Waals surface area (Å²) in [6.45, 7) is 0. The van der Waals surface area contributed by atoms with Gasteiger partial charge in [-0.25, -0.2) is 0 Å². The number of hydrogen-bond donors (Lipinski definition) is 2. The van der Waals surface area contributed by atoms with Gasteiger partial charge in [0, 0.05) is 8.95 Å². The number of anilines is 1. The number of aromatic hydroxyl groups is 1. The van der Waals surface area contributed by atoms with Gasteiger partial charge in [-0.2, -0.15) is 5.26 Å². The third kappa shape index (κ3) is 3.18. The second kappa shape index (κ2) is 6.07. The summed E-state index contributed by atoms with van der Waals surface area (Å²) in [6, 6.07) is 11.5. The van der Waals surface area contributed by atoms with Crippen molar-refractivity contribution >= 4 is 43.5 Å². The van der Waals surface area contributed by atoms with Gasteiger partial charge in [0.15, 0.2) is 0 Å². The molecule has 0 aliphatic carbocycles. The molecule has 100 valence electrons. The van der Waals surface area contributed by atoms with E-state index in [2.05, 4.69) is 37.2 Å². The van der Waals surface area contributed by atoms with Crippen LogP contribution in [0.4, 0.5) is 5.69 Å². The third-order valence-corrected chi connectivity index (χ3v) is 3.54. The van der Waals surface area contributed by atoms with Crippen molar-refractivity contribution in [3.63, 3.8) is 0 Å². The lowest BCUT2D eigenvalue weighted by Crippen LogP contribution is -2.13. The molecule has 2 aromatic carbocycles. The summed E-state index contributed by atoms with van der Waals surface area (Å²) in [4.78, 5) is 12.1. The lowest BCUT2D eigenvalue weighted by Gasteiger charge is -2.09. The van der Waals surface area contributed by atoms with Gasteiger partial charge in [0.25, 0.3) is 5.91 Å². The largest absolute Gasteiger partial charge is 0.507 e. The summed E-state index contributed by atoms with van der Waals surface area (Å²) in [6.07, 6.45) is 0. The minimum Gasteiger partial charge on any atom is -0.507 e. The van der Waals surface area contributed by atoms with Crippen LogP contribution >= 0.6 is 31.9 Å². The van der Waals surface area contributed by atoms with Crippen LogP contribution in [0.1, 0.15) is 15.9 Å². The number of hydrogen-bond acceptors (Lipinski definition) is 3. The summed E-state index contributed by atoms with van der Waals surface area (Å²) < 4.78 is 1.42. The Morgan fingerprint density at radius 1 is 1.15 bits per heavy atom. The van der Waals surface area contributed by atoms with E-state index in [1.54, 1.807) is 24.3 Å². The molecule has 0 aromatic heterocycles. The fourth-order valence-electron chi connectivity index (χ4n) is 1.60. The van der Waals surface area contributed by atoms with E-state index < -0.39 is 5.91 Å². The van der Waals surface area contributed by atoms with Crippen molar-refractivity contribution in [3.8, 4) is 11.8 Å². The Balaban J connectivity index is 2.35. The smallest absolute Gasteiger partial charge is 0.259 e. The Kier molecular flexibility index (Phi) is 4.42. The highest BCUT2D eigenvalue weighted by Gasteiger charge is 2.14. The molecule has 0 unspecified atom stereocenters. The highest BCUT2D eigenvalue weighted by molar-refractivity contribution is 9.10. The quantitative estimate of drug-likeness (QED) is 0.805. The number of carbonyl (C=O) groups is 1. The molecule has 0 saturated heterocycles. The molecule has 0 atom stereocenters. The maximum absolute atomic E-state index is 12.1. The molecule has 2 aromatic rings. The zero-order valence-electron chi connectivity index (χ0n) is 10.0. The Labute approximate surface area is 132 Å². The predicted octanol–water partition coefficient (Wildman–Crippen LogP) is 4.04. The number of amides is 1. The van der Waals surface area contributed by atoms with Crippen molar-refractivity contribution < 1.29 is 9.90 Å². The highest BCUT2D eigenvalue weighted by atomic mass is 79.9. The van der Waals surface area contributed by atoms with Gasteiger partial charge in [0.1, 0.15) is 11.8 Å². The first-order valence-electron chi connectivity index (χ1n) is 5.51. The van der Waals surface area contributed by atoms with Gasteiger partial charge >= 0.3 is 0 Å². The van der Waals surface area contributed by atoms with Gasteiger partial charge in [-0.3, -0.25) is 4.79 Å². The van der Waals surface area contributed by atoms with Gasteiger partial charge in [0.05, 0.1) is 16.8 Å². The van der Waals surface area contributed by atoms with Crippen LogP contribution < -0.4 is 5.32 Å². The Bertz CT molecular complexity index is 724. The van der Waals surface area contributed by atoms with E-state index in [0.717, 1.165) is 4.47 Å². The number of nitriles is 1. The molecule has 0 fully saturated rings. The molecule has 2 rings (SSSR count). The standard InChI is InChI=1S/C14H8Br2N2O2/c15-9-3-4-13(19)11(5-9)14(20)18-12-6-10(16)2-1-8(12)7-17/h1-6,19H,(H,18,20). The topological polar surface area (TPSA) is 73.1 Å². The highest BCUT2D eigenvalue weighted by Crippen LogP contribution is 2.25. The molecule has 0 aliphatic rings. The predicted molar refractivity (Wildman–Crippen MR) is 82.6 cm³/mol. The van der Waals surface area contributed by atoms with Crippen LogP contribution in [-0.4, -0.2) is 11.0 Å².